The van der Waals surface area contributed by atoms with Crippen LogP contribution in [0.5, 0.6) is 0 Å². The molecule has 0 bridgehead atoms. The van der Waals surface area contributed by atoms with E-state index in [0.717, 1.165) is 12.8 Å². The Morgan fingerprint density at radius 2 is 1.12 bits per heavy atom. The van der Waals surface area contributed by atoms with Crippen LogP contribution in [-0.2, 0) is 0 Å². The van der Waals surface area contributed by atoms with E-state index in [1.165, 1.54) is 37.8 Å². The molecule has 96 valence electrons. The third-order valence-corrected chi connectivity index (χ3v) is 6.90. The van der Waals surface area contributed by atoms with Crippen LogP contribution in [0.4, 0.5) is 0 Å². The molecule has 0 saturated heterocycles. The summed E-state index contributed by atoms with van der Waals surface area (Å²) < 4.78 is 0. The lowest BCUT2D eigenvalue weighted by Crippen LogP contribution is -2.29. The maximum atomic E-state index is 3.56. The molecule has 0 nitrogen and oxygen atoms in total. The van der Waals surface area contributed by atoms with E-state index in [1.54, 1.807) is 0 Å². The molecule has 17 heavy (non-hydrogen) atoms. The standard InChI is InChI=1S/C16H28Si/c1-5-9-11-13-15-17(7-3,8-4)16-14-12-10-6-2/h5-12H2,1-4H3. The molecule has 0 aliphatic rings. The van der Waals surface area contributed by atoms with E-state index in [4.69, 9.17) is 0 Å². The number of hydrogen-bond donors (Lipinski definition) is 0. The number of unbranched alkanes of at least 4 members (excludes halogenated alkanes) is 4. The predicted octanol–water partition coefficient (Wildman–Crippen LogP) is 4.94. The second-order valence-corrected chi connectivity index (χ2v) is 8.68. The number of rotatable bonds is 6. The average molecular weight is 248 g/mol. The van der Waals surface area contributed by atoms with Crippen LogP contribution >= 0.6 is 0 Å². The average Bonchev–Trinajstić information content (AvgIpc) is 2.37. The Bertz CT molecular complexity index is 263. The first kappa shape index (κ1) is 16.3. The van der Waals surface area contributed by atoms with Gasteiger partial charge < -0.3 is 0 Å². The third kappa shape index (κ3) is 7.30. The molecule has 1 heteroatoms. The molecular formula is C16H28Si. The SMILES string of the molecule is CCCCC#C[Si](C#CCCCC)(CC)CC. The summed E-state index contributed by atoms with van der Waals surface area (Å²) in [6.45, 7) is 8.96. The Morgan fingerprint density at radius 1 is 0.706 bits per heavy atom. The lowest BCUT2D eigenvalue weighted by molar-refractivity contribution is 0.828. The second-order valence-electron chi connectivity index (χ2n) is 4.60. The molecule has 0 aliphatic carbocycles. The number of hydrogen-bond acceptors (Lipinski definition) is 0. The zero-order chi connectivity index (χ0) is 13.0. The topological polar surface area (TPSA) is 0 Å². The van der Waals surface area contributed by atoms with Crippen LogP contribution in [0.2, 0.25) is 12.1 Å². The molecule has 0 heterocycles. The molecule has 0 aromatic carbocycles. The molecule has 0 fully saturated rings. The highest BCUT2D eigenvalue weighted by molar-refractivity contribution is 6.94. The molecule has 0 aromatic heterocycles. The van der Waals surface area contributed by atoms with Crippen LogP contribution in [0.3, 0.4) is 0 Å². The van der Waals surface area contributed by atoms with E-state index in [0.29, 0.717) is 0 Å². The predicted molar refractivity (Wildman–Crippen MR) is 81.3 cm³/mol. The van der Waals surface area contributed by atoms with Gasteiger partial charge in [0.05, 0.1) is 0 Å². The molecule has 0 amide bonds. The summed E-state index contributed by atoms with van der Waals surface area (Å²) in [4.78, 5) is 0. The molecule has 0 saturated carbocycles. The Hall–Kier alpha value is -0.663. The van der Waals surface area contributed by atoms with Gasteiger partial charge in [-0.1, -0.05) is 40.5 Å². The van der Waals surface area contributed by atoms with Gasteiger partial charge in [0.25, 0.3) is 0 Å². The minimum Gasteiger partial charge on any atom is -0.115 e. The Morgan fingerprint density at radius 3 is 1.41 bits per heavy atom. The summed E-state index contributed by atoms with van der Waals surface area (Å²) in [5.74, 6) is 6.76. The summed E-state index contributed by atoms with van der Waals surface area (Å²) in [6, 6.07) is 2.36. The van der Waals surface area contributed by atoms with Crippen molar-refractivity contribution in [2.75, 3.05) is 0 Å². The first-order valence-electron chi connectivity index (χ1n) is 7.24. The van der Waals surface area contributed by atoms with Crippen molar-refractivity contribution in [3.63, 3.8) is 0 Å². The van der Waals surface area contributed by atoms with Gasteiger partial charge in [-0.15, -0.1) is 22.9 Å². The quantitative estimate of drug-likeness (QED) is 0.355. The monoisotopic (exact) mass is 248 g/mol. The smallest absolute Gasteiger partial charge is 0.115 e. The molecule has 0 spiro atoms. The van der Waals surface area contributed by atoms with Gasteiger partial charge in [-0.2, -0.15) is 0 Å². The lowest BCUT2D eigenvalue weighted by atomic mass is 10.3. The van der Waals surface area contributed by atoms with Gasteiger partial charge in [-0.3, -0.25) is 0 Å². The first-order valence-corrected chi connectivity index (χ1v) is 9.66. The van der Waals surface area contributed by atoms with Crippen LogP contribution < -0.4 is 0 Å². The Balaban J connectivity index is 4.50. The fourth-order valence-electron chi connectivity index (χ4n) is 1.63. The van der Waals surface area contributed by atoms with E-state index >= 15 is 0 Å². The normalized spacial score (nSPS) is 10.1. The van der Waals surface area contributed by atoms with Crippen molar-refractivity contribution in [1.82, 2.24) is 0 Å². The van der Waals surface area contributed by atoms with Gasteiger partial charge in [-0.25, -0.2) is 0 Å². The molecule has 0 radical (unpaired) electrons. The summed E-state index contributed by atoms with van der Waals surface area (Å²) in [5.41, 5.74) is 7.12. The fraction of sp³-hybridized carbons (Fsp3) is 0.750. The van der Waals surface area contributed by atoms with Crippen molar-refractivity contribution in [3.8, 4) is 22.9 Å². The van der Waals surface area contributed by atoms with Crippen molar-refractivity contribution in [3.05, 3.63) is 0 Å². The summed E-state index contributed by atoms with van der Waals surface area (Å²) in [6.07, 6.45) is 7.06. The summed E-state index contributed by atoms with van der Waals surface area (Å²) >= 11 is 0. The van der Waals surface area contributed by atoms with Gasteiger partial charge >= 0.3 is 0 Å². The first-order chi connectivity index (χ1) is 8.24. The minimum atomic E-state index is -1.57. The summed E-state index contributed by atoms with van der Waals surface area (Å²) in [5, 5.41) is 0. The highest BCUT2D eigenvalue weighted by atomic mass is 28.3. The van der Waals surface area contributed by atoms with Crippen LogP contribution in [0.15, 0.2) is 0 Å². The van der Waals surface area contributed by atoms with Crippen LogP contribution in [0, 0.1) is 22.9 Å². The van der Waals surface area contributed by atoms with Crippen LogP contribution in [-0.4, -0.2) is 8.07 Å². The molecule has 0 unspecified atom stereocenters. The van der Waals surface area contributed by atoms with E-state index in [1.807, 2.05) is 0 Å². The minimum absolute atomic E-state index is 1.06. The van der Waals surface area contributed by atoms with E-state index < -0.39 is 8.07 Å². The van der Waals surface area contributed by atoms with Crippen LogP contribution in [0.25, 0.3) is 0 Å². The molecular weight excluding hydrogens is 220 g/mol. The van der Waals surface area contributed by atoms with E-state index in [2.05, 4.69) is 50.6 Å². The Kier molecular flexibility index (Phi) is 10.1. The van der Waals surface area contributed by atoms with Gasteiger partial charge in [-0.05, 0) is 24.9 Å². The van der Waals surface area contributed by atoms with Crippen molar-refractivity contribution in [2.45, 2.75) is 78.3 Å². The molecule has 0 aromatic rings. The van der Waals surface area contributed by atoms with Gasteiger partial charge in [0.2, 0.25) is 8.07 Å². The largest absolute Gasteiger partial charge is 0.216 e. The van der Waals surface area contributed by atoms with Gasteiger partial charge in [0.1, 0.15) is 0 Å². The Labute approximate surface area is 110 Å². The zero-order valence-corrected chi connectivity index (χ0v) is 13.2. The maximum Gasteiger partial charge on any atom is 0.216 e. The maximum absolute atomic E-state index is 3.56. The second kappa shape index (κ2) is 10.5. The zero-order valence-electron chi connectivity index (χ0n) is 12.2. The van der Waals surface area contributed by atoms with Crippen molar-refractivity contribution < 1.29 is 0 Å². The summed E-state index contributed by atoms with van der Waals surface area (Å²) in [7, 11) is -1.57. The highest BCUT2D eigenvalue weighted by Gasteiger charge is 2.24. The molecule has 0 N–H and O–H groups in total. The van der Waals surface area contributed by atoms with Crippen molar-refractivity contribution >= 4 is 8.07 Å². The van der Waals surface area contributed by atoms with E-state index in [-0.39, 0.29) is 0 Å². The highest BCUT2D eigenvalue weighted by Crippen LogP contribution is 2.13. The fourth-order valence-corrected chi connectivity index (χ4v) is 3.82. The van der Waals surface area contributed by atoms with Crippen LogP contribution in [0.1, 0.15) is 66.2 Å². The van der Waals surface area contributed by atoms with Crippen molar-refractivity contribution in [1.29, 1.82) is 0 Å². The van der Waals surface area contributed by atoms with E-state index in [9.17, 15) is 0 Å². The molecule has 0 aliphatic heterocycles. The van der Waals surface area contributed by atoms with Gasteiger partial charge in [0.15, 0.2) is 0 Å². The molecule has 0 rings (SSSR count). The van der Waals surface area contributed by atoms with Crippen molar-refractivity contribution in [2.24, 2.45) is 0 Å². The lowest BCUT2D eigenvalue weighted by Gasteiger charge is -2.14. The molecule has 0 atom stereocenters. The van der Waals surface area contributed by atoms with Gasteiger partial charge in [0, 0.05) is 12.8 Å². The third-order valence-electron chi connectivity index (χ3n) is 3.17.